The molecule has 19 heteroatoms. The first-order valence-electron chi connectivity index (χ1n) is 40.3. The van der Waals surface area contributed by atoms with Crippen molar-refractivity contribution in [1.82, 2.24) is 0 Å². The van der Waals surface area contributed by atoms with Crippen molar-refractivity contribution in [1.29, 1.82) is 0 Å². The fourth-order valence-electron chi connectivity index (χ4n) is 12.0. The number of carbonyl (C=O) groups is 4. The standard InChI is InChI=1S/C78H152O17P2/c1-8-9-10-11-12-13-14-21-25-30-38-45-52-59-75(80)88-65-73(94-77(82)61-54-47-40-31-26-23-20-18-16-15-17-19-22-24-28-35-42-49-56-69(2)3)67-92-96(84,85)90-63-72(79)64-91-97(86,87)93-68-74(66-89-76(81)60-53-46-39-34-33-37-44-51-58-71(6)7)95-78(83)62-55-48-41-32-27-29-36-43-50-57-70(4)5/h69-74,79H,8-68H2,1-7H3,(H,84,85)(H,86,87)/t72-,73-,74-/m1/s1. The zero-order valence-electron chi connectivity index (χ0n) is 63.5. The third kappa shape index (κ3) is 72.2. The first kappa shape index (κ1) is 95.1. The highest BCUT2D eigenvalue weighted by molar-refractivity contribution is 7.47. The van der Waals surface area contributed by atoms with E-state index >= 15 is 0 Å². The zero-order chi connectivity index (χ0) is 71.6. The Morgan fingerprint density at radius 3 is 0.701 bits per heavy atom. The largest absolute Gasteiger partial charge is 0.472 e. The van der Waals surface area contributed by atoms with Gasteiger partial charge in [0.15, 0.2) is 12.2 Å². The van der Waals surface area contributed by atoms with Gasteiger partial charge in [-0.3, -0.25) is 37.3 Å². The summed E-state index contributed by atoms with van der Waals surface area (Å²) in [5.41, 5.74) is 0. The zero-order valence-corrected chi connectivity index (χ0v) is 65.3. The molecule has 0 radical (unpaired) electrons. The molecular weight excluding hydrogens is 1270 g/mol. The number of ether oxygens (including phenoxy) is 4. The molecule has 0 aliphatic rings. The van der Waals surface area contributed by atoms with Crippen LogP contribution in [0.15, 0.2) is 0 Å². The SMILES string of the molecule is CCCCCCCCCCCCCCCC(=O)OC[C@H](COP(=O)(O)OC[C@@H](O)COP(=O)(O)OC[C@@H](COC(=O)CCCCCCCCCCC(C)C)OC(=O)CCCCCCCCCCCC(C)C)OC(=O)CCCCCCCCCCCCCCCCCCCCC(C)C. The van der Waals surface area contributed by atoms with Crippen molar-refractivity contribution in [2.45, 2.75) is 420 Å². The molecule has 0 spiro atoms. The van der Waals surface area contributed by atoms with Crippen LogP contribution in [-0.2, 0) is 65.4 Å². The van der Waals surface area contributed by atoms with E-state index in [9.17, 15) is 43.2 Å². The summed E-state index contributed by atoms with van der Waals surface area (Å²) < 4.78 is 68.6. The van der Waals surface area contributed by atoms with E-state index in [1.807, 2.05) is 0 Å². The van der Waals surface area contributed by atoms with Crippen LogP contribution < -0.4 is 0 Å². The first-order chi connectivity index (χ1) is 46.7. The highest BCUT2D eigenvalue weighted by atomic mass is 31.2. The third-order valence-corrected chi connectivity index (χ3v) is 20.0. The highest BCUT2D eigenvalue weighted by Crippen LogP contribution is 2.45. The number of carbonyl (C=O) groups excluding carboxylic acids is 4. The molecule has 17 nitrogen and oxygen atoms in total. The molecule has 97 heavy (non-hydrogen) atoms. The summed E-state index contributed by atoms with van der Waals surface area (Å²) in [5.74, 6) is 0.167. The van der Waals surface area contributed by atoms with Crippen molar-refractivity contribution in [2.24, 2.45) is 17.8 Å². The van der Waals surface area contributed by atoms with E-state index in [-0.39, 0.29) is 25.7 Å². The second-order valence-electron chi connectivity index (χ2n) is 29.5. The fourth-order valence-corrected chi connectivity index (χ4v) is 13.5. The van der Waals surface area contributed by atoms with Crippen LogP contribution in [0.2, 0.25) is 0 Å². The van der Waals surface area contributed by atoms with Crippen molar-refractivity contribution in [3.8, 4) is 0 Å². The van der Waals surface area contributed by atoms with E-state index in [4.69, 9.17) is 37.0 Å². The molecule has 0 heterocycles. The van der Waals surface area contributed by atoms with Crippen LogP contribution >= 0.6 is 15.6 Å². The average molecular weight is 1420 g/mol. The van der Waals surface area contributed by atoms with Gasteiger partial charge in [-0.1, -0.05) is 350 Å². The molecule has 2 unspecified atom stereocenters. The minimum atomic E-state index is -4.96. The van der Waals surface area contributed by atoms with Gasteiger partial charge >= 0.3 is 39.5 Å². The second kappa shape index (κ2) is 68.5. The number of aliphatic hydroxyl groups excluding tert-OH is 1. The molecule has 0 amide bonds. The van der Waals surface area contributed by atoms with E-state index in [0.29, 0.717) is 25.7 Å². The Bertz CT molecular complexity index is 1890. The lowest BCUT2D eigenvalue weighted by atomic mass is 10.0. The summed E-state index contributed by atoms with van der Waals surface area (Å²) in [7, 11) is -9.91. The molecule has 0 aliphatic carbocycles. The number of hydrogen-bond donors (Lipinski definition) is 3. The van der Waals surface area contributed by atoms with Gasteiger partial charge in [0.05, 0.1) is 26.4 Å². The normalized spacial score (nSPS) is 14.0. The number of phosphoric ester groups is 2. The van der Waals surface area contributed by atoms with Gasteiger partial charge in [-0.25, -0.2) is 9.13 Å². The number of unbranched alkanes of at least 4 members (excludes halogenated alkanes) is 44. The van der Waals surface area contributed by atoms with Crippen molar-refractivity contribution < 1.29 is 80.2 Å². The van der Waals surface area contributed by atoms with Crippen molar-refractivity contribution in [3.63, 3.8) is 0 Å². The van der Waals surface area contributed by atoms with Crippen LogP contribution in [0.4, 0.5) is 0 Å². The minimum Gasteiger partial charge on any atom is -0.462 e. The molecule has 5 atom stereocenters. The fraction of sp³-hybridized carbons (Fsp3) is 0.949. The molecule has 0 aliphatic heterocycles. The molecular formula is C78H152O17P2. The summed E-state index contributed by atoms with van der Waals surface area (Å²) >= 11 is 0. The Hall–Kier alpha value is -1.94. The van der Waals surface area contributed by atoms with Crippen LogP contribution in [0.5, 0.6) is 0 Å². The number of rotatable bonds is 76. The maximum absolute atomic E-state index is 13.1. The molecule has 0 aromatic rings. The van der Waals surface area contributed by atoms with Gasteiger partial charge in [-0.05, 0) is 43.4 Å². The maximum Gasteiger partial charge on any atom is 0.472 e. The van der Waals surface area contributed by atoms with Crippen LogP contribution in [0.1, 0.15) is 402 Å². The molecule has 0 rings (SSSR count). The van der Waals surface area contributed by atoms with E-state index in [0.717, 1.165) is 108 Å². The molecule has 0 fully saturated rings. The average Bonchev–Trinajstić information content (AvgIpc) is 1.12. The Kier molecular flexibility index (Phi) is 67.1. The Balaban J connectivity index is 5.21. The van der Waals surface area contributed by atoms with Gasteiger partial charge in [-0.15, -0.1) is 0 Å². The monoisotopic (exact) mass is 1420 g/mol. The quantitative estimate of drug-likeness (QED) is 0.0222. The van der Waals surface area contributed by atoms with E-state index < -0.39 is 97.5 Å². The lowest BCUT2D eigenvalue weighted by molar-refractivity contribution is -0.161. The Labute approximate surface area is 594 Å². The Morgan fingerprint density at radius 2 is 0.474 bits per heavy atom. The molecule has 0 aromatic heterocycles. The summed E-state index contributed by atoms with van der Waals surface area (Å²) in [6.07, 6.45) is 55.6. The van der Waals surface area contributed by atoms with Gasteiger partial charge in [0.1, 0.15) is 19.3 Å². The van der Waals surface area contributed by atoms with Crippen LogP contribution in [0.25, 0.3) is 0 Å². The van der Waals surface area contributed by atoms with Gasteiger partial charge in [0.25, 0.3) is 0 Å². The molecule has 0 aromatic carbocycles. The Morgan fingerprint density at radius 1 is 0.278 bits per heavy atom. The lowest BCUT2D eigenvalue weighted by Crippen LogP contribution is -2.30. The van der Waals surface area contributed by atoms with Gasteiger partial charge < -0.3 is 33.8 Å². The van der Waals surface area contributed by atoms with Gasteiger partial charge in [0.2, 0.25) is 0 Å². The molecule has 0 bridgehead atoms. The van der Waals surface area contributed by atoms with E-state index in [1.165, 1.54) is 212 Å². The van der Waals surface area contributed by atoms with Crippen molar-refractivity contribution in [3.05, 3.63) is 0 Å². The smallest absolute Gasteiger partial charge is 0.462 e. The van der Waals surface area contributed by atoms with E-state index in [1.54, 1.807) is 0 Å². The summed E-state index contributed by atoms with van der Waals surface area (Å²) in [5, 5.41) is 10.6. The van der Waals surface area contributed by atoms with Gasteiger partial charge in [-0.2, -0.15) is 0 Å². The summed E-state index contributed by atoms with van der Waals surface area (Å²) in [6, 6.07) is 0. The third-order valence-electron chi connectivity index (χ3n) is 18.1. The highest BCUT2D eigenvalue weighted by Gasteiger charge is 2.30. The molecule has 576 valence electrons. The lowest BCUT2D eigenvalue weighted by Gasteiger charge is -2.21. The van der Waals surface area contributed by atoms with Crippen molar-refractivity contribution >= 4 is 39.5 Å². The topological polar surface area (TPSA) is 237 Å². The molecule has 0 saturated carbocycles. The maximum atomic E-state index is 13.1. The number of aliphatic hydroxyl groups is 1. The number of phosphoric acid groups is 2. The summed E-state index contributed by atoms with van der Waals surface area (Å²) in [4.78, 5) is 72.9. The minimum absolute atomic E-state index is 0.105. The number of hydrogen-bond acceptors (Lipinski definition) is 15. The van der Waals surface area contributed by atoms with Crippen LogP contribution in [0.3, 0.4) is 0 Å². The predicted molar refractivity (Wildman–Crippen MR) is 395 cm³/mol. The second-order valence-corrected chi connectivity index (χ2v) is 32.4. The molecule has 3 N–H and O–H groups in total. The van der Waals surface area contributed by atoms with E-state index in [2.05, 4.69) is 48.5 Å². The first-order valence-corrected chi connectivity index (χ1v) is 43.3. The number of esters is 4. The van der Waals surface area contributed by atoms with Crippen LogP contribution in [0, 0.1) is 17.8 Å². The summed E-state index contributed by atoms with van der Waals surface area (Å²) in [6.45, 7) is 11.9. The van der Waals surface area contributed by atoms with Gasteiger partial charge in [0, 0.05) is 25.7 Å². The molecule has 0 saturated heterocycles. The van der Waals surface area contributed by atoms with Crippen molar-refractivity contribution in [2.75, 3.05) is 39.6 Å². The predicted octanol–water partition coefficient (Wildman–Crippen LogP) is 23.0. The van der Waals surface area contributed by atoms with Crippen LogP contribution in [-0.4, -0.2) is 96.7 Å².